The number of rotatable bonds is 2. The Morgan fingerprint density at radius 2 is 1.85 bits per heavy atom. The summed E-state index contributed by atoms with van der Waals surface area (Å²) >= 11 is 6.38. The van der Waals surface area contributed by atoms with E-state index in [9.17, 15) is 14.4 Å². The van der Waals surface area contributed by atoms with Gasteiger partial charge in [-0.1, -0.05) is 29.8 Å². The van der Waals surface area contributed by atoms with Crippen molar-refractivity contribution in [3.05, 3.63) is 72.5 Å². The maximum absolute atomic E-state index is 12.9. The van der Waals surface area contributed by atoms with E-state index in [4.69, 9.17) is 16.3 Å². The van der Waals surface area contributed by atoms with Crippen molar-refractivity contribution in [2.45, 2.75) is 12.8 Å². The first-order chi connectivity index (χ1) is 12.3. The van der Waals surface area contributed by atoms with Gasteiger partial charge in [0.1, 0.15) is 5.82 Å². The van der Waals surface area contributed by atoms with Crippen molar-refractivity contribution in [2.24, 2.45) is 14.1 Å². The fourth-order valence-corrected chi connectivity index (χ4v) is 3.53. The number of hydrogen-bond acceptors (Lipinski definition) is 5. The molecule has 7 nitrogen and oxygen atoms in total. The highest BCUT2D eigenvalue weighted by atomic mass is 35.5. The summed E-state index contributed by atoms with van der Waals surface area (Å²) in [5.41, 5.74) is 0.686. The molecule has 0 aliphatic carbocycles. The first kappa shape index (κ1) is 18.0. The lowest BCUT2D eigenvalue weighted by molar-refractivity contribution is -0.136. The van der Waals surface area contributed by atoms with E-state index >= 15 is 0 Å². The molecule has 0 spiro atoms. The van der Waals surface area contributed by atoms with E-state index in [1.54, 1.807) is 38.2 Å². The molecular formula is C18H18ClN3O4. The molecule has 0 amide bonds. The highest BCUT2D eigenvalue weighted by molar-refractivity contribution is 6.31. The van der Waals surface area contributed by atoms with Gasteiger partial charge in [0.25, 0.3) is 5.56 Å². The van der Waals surface area contributed by atoms with Crippen LogP contribution in [0.1, 0.15) is 24.0 Å². The summed E-state index contributed by atoms with van der Waals surface area (Å²) in [7, 11) is 4.24. The molecule has 26 heavy (non-hydrogen) atoms. The number of fused-ring (bicyclic) bond motifs is 1. The third-order valence-corrected chi connectivity index (χ3v) is 4.95. The minimum absolute atomic E-state index is 0.272. The predicted molar refractivity (Wildman–Crippen MR) is 98.6 cm³/mol. The molecule has 1 aliphatic heterocycles. The van der Waals surface area contributed by atoms with Crippen molar-refractivity contribution in [3.63, 3.8) is 0 Å². The van der Waals surface area contributed by atoms with Crippen molar-refractivity contribution >= 4 is 23.4 Å². The van der Waals surface area contributed by atoms with Crippen LogP contribution in [0.2, 0.25) is 5.02 Å². The molecule has 0 fully saturated rings. The van der Waals surface area contributed by atoms with Crippen molar-refractivity contribution in [1.82, 2.24) is 9.13 Å². The van der Waals surface area contributed by atoms with Crippen LogP contribution >= 0.6 is 11.6 Å². The van der Waals surface area contributed by atoms with Crippen LogP contribution < -0.4 is 16.6 Å². The van der Waals surface area contributed by atoms with Gasteiger partial charge in [0.2, 0.25) is 0 Å². The zero-order valence-corrected chi connectivity index (χ0v) is 15.5. The second kappa shape index (κ2) is 6.49. The molecule has 0 unspecified atom stereocenters. The number of carbonyl (C=O) groups excluding carboxylic acids is 1. The second-order valence-electron chi connectivity index (χ2n) is 6.08. The van der Waals surface area contributed by atoms with E-state index in [-0.39, 0.29) is 11.1 Å². The zero-order valence-electron chi connectivity index (χ0n) is 14.8. The summed E-state index contributed by atoms with van der Waals surface area (Å²) in [6, 6.07) is 6.98. The summed E-state index contributed by atoms with van der Waals surface area (Å²) in [5, 5.41) is 3.42. The van der Waals surface area contributed by atoms with Crippen LogP contribution in [0.15, 0.2) is 45.1 Å². The van der Waals surface area contributed by atoms with Crippen LogP contribution in [0.3, 0.4) is 0 Å². The Morgan fingerprint density at radius 1 is 1.19 bits per heavy atom. The maximum atomic E-state index is 12.9. The number of methoxy groups -OCH3 is 1. The van der Waals surface area contributed by atoms with Crippen molar-refractivity contribution in [3.8, 4) is 0 Å². The number of esters is 1. The molecule has 0 bridgehead atoms. The molecule has 1 aliphatic rings. The van der Waals surface area contributed by atoms with Crippen LogP contribution in [0, 0.1) is 0 Å². The highest BCUT2D eigenvalue weighted by Gasteiger charge is 2.37. The highest BCUT2D eigenvalue weighted by Crippen LogP contribution is 2.42. The lowest BCUT2D eigenvalue weighted by Gasteiger charge is -2.31. The minimum atomic E-state index is -0.752. The maximum Gasteiger partial charge on any atom is 0.336 e. The number of nitrogens with zero attached hydrogens (tertiary/aromatic N) is 2. The van der Waals surface area contributed by atoms with Crippen LogP contribution in [-0.4, -0.2) is 22.2 Å². The number of carbonyl (C=O) groups is 1. The van der Waals surface area contributed by atoms with Gasteiger partial charge in [-0.25, -0.2) is 9.59 Å². The van der Waals surface area contributed by atoms with Gasteiger partial charge in [0, 0.05) is 24.8 Å². The normalized spacial score (nSPS) is 16.1. The zero-order chi connectivity index (χ0) is 19.2. The van der Waals surface area contributed by atoms with Crippen molar-refractivity contribution in [2.75, 3.05) is 12.4 Å². The van der Waals surface area contributed by atoms with Gasteiger partial charge in [-0.2, -0.15) is 0 Å². The van der Waals surface area contributed by atoms with Crippen molar-refractivity contribution < 1.29 is 9.53 Å². The van der Waals surface area contributed by atoms with Crippen LogP contribution in [0.25, 0.3) is 0 Å². The van der Waals surface area contributed by atoms with E-state index in [1.165, 1.54) is 18.7 Å². The fourth-order valence-electron chi connectivity index (χ4n) is 3.29. The third kappa shape index (κ3) is 2.55. The molecule has 1 N–H and O–H groups in total. The Labute approximate surface area is 154 Å². The number of allylic oxidation sites excluding steroid dienone is 1. The minimum Gasteiger partial charge on any atom is -0.466 e. The molecule has 136 valence electrons. The molecular weight excluding hydrogens is 358 g/mol. The number of benzene rings is 1. The van der Waals surface area contributed by atoms with Gasteiger partial charge in [-0.05, 0) is 18.6 Å². The van der Waals surface area contributed by atoms with Crippen molar-refractivity contribution in [1.29, 1.82) is 0 Å². The average molecular weight is 376 g/mol. The van der Waals surface area contributed by atoms with E-state index in [0.717, 1.165) is 4.57 Å². The molecule has 0 saturated carbocycles. The molecule has 1 aromatic heterocycles. The quantitative estimate of drug-likeness (QED) is 0.808. The number of nitrogens with one attached hydrogen (secondary N) is 1. The van der Waals surface area contributed by atoms with Gasteiger partial charge in [0.05, 0.1) is 24.2 Å². The second-order valence-corrected chi connectivity index (χ2v) is 6.49. The Balaban J connectivity index is 2.46. The molecule has 2 heterocycles. The smallest absolute Gasteiger partial charge is 0.336 e. The standard InChI is InChI=1S/C18H18ClN3O4/c1-9-12(17(24)26-4)13(10-7-5-6-8-11(10)19)14-15(20-9)21(2)18(25)22(3)16(14)23/h5-8,13,20H,1-4H3/t13-/m1/s1. The molecule has 2 aromatic rings. The fraction of sp³-hybridized carbons (Fsp3) is 0.278. The van der Waals surface area contributed by atoms with Gasteiger partial charge < -0.3 is 10.1 Å². The van der Waals surface area contributed by atoms with E-state index in [1.807, 2.05) is 0 Å². The average Bonchev–Trinajstić information content (AvgIpc) is 2.63. The summed E-state index contributed by atoms with van der Waals surface area (Å²) in [5.74, 6) is -0.979. The Morgan fingerprint density at radius 3 is 2.46 bits per heavy atom. The summed E-state index contributed by atoms with van der Waals surface area (Å²) in [6.45, 7) is 1.70. The lowest BCUT2D eigenvalue weighted by atomic mass is 9.82. The van der Waals surface area contributed by atoms with E-state index in [2.05, 4.69) is 5.32 Å². The van der Waals surface area contributed by atoms with Gasteiger partial charge >= 0.3 is 11.7 Å². The molecule has 8 heteroatoms. The Kier molecular flexibility index (Phi) is 4.50. The van der Waals surface area contributed by atoms with Crippen LogP contribution in [0.5, 0.6) is 0 Å². The first-order valence-corrected chi connectivity index (χ1v) is 8.27. The number of halogens is 1. The summed E-state index contributed by atoms with van der Waals surface area (Å²) in [4.78, 5) is 37.7. The topological polar surface area (TPSA) is 82.3 Å². The number of ether oxygens (including phenoxy) is 1. The number of hydrogen-bond donors (Lipinski definition) is 1. The lowest BCUT2D eigenvalue weighted by Crippen LogP contribution is -2.43. The summed E-state index contributed by atoms with van der Waals surface area (Å²) < 4.78 is 7.29. The van der Waals surface area contributed by atoms with Gasteiger partial charge in [-0.3, -0.25) is 13.9 Å². The molecule has 0 saturated heterocycles. The first-order valence-electron chi connectivity index (χ1n) is 7.90. The molecule has 3 rings (SSSR count). The Bertz CT molecular complexity index is 1070. The Hall–Kier alpha value is -2.80. The van der Waals surface area contributed by atoms with Crippen LogP contribution in [-0.2, 0) is 23.6 Å². The summed E-state index contributed by atoms with van der Waals surface area (Å²) in [6.07, 6.45) is 0. The largest absolute Gasteiger partial charge is 0.466 e. The van der Waals surface area contributed by atoms with Gasteiger partial charge in [-0.15, -0.1) is 0 Å². The predicted octanol–water partition coefficient (Wildman–Crippen LogP) is 1.74. The molecule has 1 aromatic carbocycles. The van der Waals surface area contributed by atoms with Gasteiger partial charge in [0.15, 0.2) is 0 Å². The van der Waals surface area contributed by atoms with Crippen LogP contribution in [0.4, 0.5) is 5.82 Å². The number of anilines is 1. The molecule has 1 atom stereocenters. The van der Waals surface area contributed by atoms with E-state index in [0.29, 0.717) is 22.1 Å². The monoisotopic (exact) mass is 375 g/mol. The SMILES string of the molecule is COC(=O)C1=C(C)Nc2c(c(=O)n(C)c(=O)n2C)[C@@H]1c1ccccc1Cl. The number of aromatic nitrogens is 2. The third-order valence-electron chi connectivity index (χ3n) is 4.61. The molecule has 0 radical (unpaired) electrons. The van der Waals surface area contributed by atoms with E-state index < -0.39 is 23.1 Å².